The predicted molar refractivity (Wildman–Crippen MR) is 238 cm³/mol. The highest BCUT2D eigenvalue weighted by Crippen LogP contribution is 2.47. The van der Waals surface area contributed by atoms with Crippen molar-refractivity contribution in [1.29, 1.82) is 0 Å². The van der Waals surface area contributed by atoms with Crippen molar-refractivity contribution < 1.29 is 8.83 Å². The number of fused-ring (bicyclic) bond motifs is 13. The highest BCUT2D eigenvalue weighted by molar-refractivity contribution is 7.26. The molecule has 0 saturated heterocycles. The molecule has 0 radical (unpaired) electrons. The Balaban J connectivity index is 1.18. The van der Waals surface area contributed by atoms with E-state index in [-0.39, 0.29) is 0 Å². The van der Waals surface area contributed by atoms with Crippen molar-refractivity contribution in [2.45, 2.75) is 0 Å². The van der Waals surface area contributed by atoms with E-state index in [1.54, 1.807) is 11.3 Å². The second-order valence-electron chi connectivity index (χ2n) is 14.7. The minimum Gasteiger partial charge on any atom is -0.456 e. The van der Waals surface area contributed by atoms with Crippen LogP contribution in [0.2, 0.25) is 0 Å². The zero-order valence-corrected chi connectivity index (χ0v) is 31.5. The SMILES string of the molecule is c1ccc(-c2nc(-c3ccccc3)nc(-c3cc(-n4c5ccccc5c5cc6c(cc54)oc4ccccc46)cc4c3sc3ccc5c6ccccc6oc5c34)n2)cc1. The fraction of sp³-hybridized carbons (Fsp3) is 0. The Hall–Kier alpha value is -7.61. The van der Waals surface area contributed by atoms with Crippen molar-refractivity contribution in [3.05, 3.63) is 170 Å². The molecule has 5 aromatic heterocycles. The van der Waals surface area contributed by atoms with E-state index in [9.17, 15) is 0 Å². The lowest BCUT2D eigenvalue weighted by Crippen LogP contribution is -2.01. The lowest BCUT2D eigenvalue weighted by molar-refractivity contribution is 0.669. The van der Waals surface area contributed by atoms with Gasteiger partial charge < -0.3 is 13.4 Å². The first-order valence-electron chi connectivity index (χ1n) is 19.3. The van der Waals surface area contributed by atoms with Crippen molar-refractivity contribution in [3.63, 3.8) is 0 Å². The van der Waals surface area contributed by atoms with Gasteiger partial charge in [0.2, 0.25) is 0 Å². The maximum Gasteiger partial charge on any atom is 0.165 e. The smallest absolute Gasteiger partial charge is 0.165 e. The molecule has 13 rings (SSSR count). The van der Waals surface area contributed by atoms with Crippen LogP contribution in [0, 0.1) is 0 Å². The van der Waals surface area contributed by atoms with Crippen molar-refractivity contribution in [2.24, 2.45) is 0 Å². The minimum atomic E-state index is 0.604. The van der Waals surface area contributed by atoms with E-state index in [0.29, 0.717) is 17.5 Å². The van der Waals surface area contributed by atoms with Gasteiger partial charge in [0.05, 0.1) is 11.0 Å². The number of thiophene rings is 1. The third-order valence-electron chi connectivity index (χ3n) is 11.4. The van der Waals surface area contributed by atoms with E-state index in [1.165, 1.54) is 5.39 Å². The quantitative estimate of drug-likeness (QED) is 0.179. The number of para-hydroxylation sites is 3. The highest BCUT2D eigenvalue weighted by atomic mass is 32.1. The minimum absolute atomic E-state index is 0.604. The number of rotatable bonds is 4. The van der Waals surface area contributed by atoms with Crippen LogP contribution >= 0.6 is 11.3 Å². The lowest BCUT2D eigenvalue weighted by Gasteiger charge is -2.13. The molecule has 0 atom stereocenters. The van der Waals surface area contributed by atoms with Crippen LogP contribution in [0.1, 0.15) is 0 Å². The molecule has 8 aromatic carbocycles. The molecular weight excluding hydrogens is 733 g/mol. The average molecular weight is 761 g/mol. The molecule has 0 unspecified atom stereocenters. The van der Waals surface area contributed by atoms with Gasteiger partial charge in [-0.15, -0.1) is 11.3 Å². The van der Waals surface area contributed by atoms with Crippen LogP contribution in [-0.2, 0) is 0 Å². The summed E-state index contributed by atoms with van der Waals surface area (Å²) in [6.45, 7) is 0. The van der Waals surface area contributed by atoms with Crippen molar-refractivity contribution in [3.8, 4) is 39.9 Å². The Kier molecular flexibility index (Phi) is 6.50. The third kappa shape index (κ3) is 4.56. The largest absolute Gasteiger partial charge is 0.456 e. The molecule has 6 nitrogen and oxygen atoms in total. The Labute approximate surface area is 333 Å². The fourth-order valence-electron chi connectivity index (χ4n) is 8.82. The number of furan rings is 2. The van der Waals surface area contributed by atoms with E-state index in [0.717, 1.165) is 103 Å². The second kappa shape index (κ2) is 11.9. The van der Waals surface area contributed by atoms with Crippen molar-refractivity contribution in [1.82, 2.24) is 19.5 Å². The molecule has 0 aliphatic rings. The molecule has 270 valence electrons. The molecule has 7 heteroatoms. The lowest BCUT2D eigenvalue weighted by atomic mass is 10.0. The summed E-state index contributed by atoms with van der Waals surface area (Å²) in [5, 5.41) is 8.89. The number of aromatic nitrogens is 4. The number of hydrogen-bond donors (Lipinski definition) is 0. The van der Waals surface area contributed by atoms with Gasteiger partial charge in [0, 0.05) is 80.9 Å². The zero-order chi connectivity index (χ0) is 37.9. The molecule has 0 aliphatic carbocycles. The van der Waals surface area contributed by atoms with Gasteiger partial charge >= 0.3 is 0 Å². The molecule has 58 heavy (non-hydrogen) atoms. The molecular formula is C51H28N4O2S. The van der Waals surface area contributed by atoms with E-state index in [1.807, 2.05) is 60.7 Å². The Morgan fingerprint density at radius 2 is 1.03 bits per heavy atom. The Morgan fingerprint density at radius 3 is 1.78 bits per heavy atom. The second-order valence-corrected chi connectivity index (χ2v) is 15.8. The van der Waals surface area contributed by atoms with Crippen LogP contribution in [0.15, 0.2) is 179 Å². The first kappa shape index (κ1) is 31.6. The van der Waals surface area contributed by atoms with Crippen molar-refractivity contribution >= 4 is 97.2 Å². The topological polar surface area (TPSA) is 69.9 Å². The first-order chi connectivity index (χ1) is 28.7. The fourth-order valence-corrected chi connectivity index (χ4v) is 10.0. The number of benzene rings is 8. The summed E-state index contributed by atoms with van der Waals surface area (Å²) in [7, 11) is 0. The van der Waals surface area contributed by atoms with Crippen LogP contribution < -0.4 is 0 Å². The van der Waals surface area contributed by atoms with Gasteiger partial charge in [-0.2, -0.15) is 0 Å². The number of hydrogen-bond acceptors (Lipinski definition) is 6. The van der Waals surface area contributed by atoms with Gasteiger partial charge in [-0.3, -0.25) is 0 Å². The standard InChI is InChI=1S/C51H28N4O2S/c1-3-13-29(14-4-1)49-52-50(30-15-5-2-6-16-30)54-51(53-49)39-26-31(25-38-46-45(58-48(38)39)24-23-35-33-18-8-12-22-43(33)57-47(35)46)55-40-20-10-7-17-32(40)36-27-37-34-19-9-11-21-42(34)56-44(37)28-41(36)55/h1-28H. The van der Waals surface area contributed by atoms with Gasteiger partial charge in [0.15, 0.2) is 17.5 Å². The predicted octanol–water partition coefficient (Wildman–Crippen LogP) is 14.1. The van der Waals surface area contributed by atoms with Gasteiger partial charge in [-0.05, 0) is 48.5 Å². The third-order valence-corrected chi connectivity index (χ3v) is 12.6. The van der Waals surface area contributed by atoms with Crippen LogP contribution in [0.3, 0.4) is 0 Å². The van der Waals surface area contributed by atoms with Crippen LogP contribution in [0.25, 0.3) is 126 Å². The van der Waals surface area contributed by atoms with Crippen LogP contribution in [0.4, 0.5) is 0 Å². The maximum atomic E-state index is 6.73. The van der Waals surface area contributed by atoms with Crippen LogP contribution in [-0.4, -0.2) is 19.5 Å². The van der Waals surface area contributed by atoms with Crippen molar-refractivity contribution in [2.75, 3.05) is 0 Å². The molecule has 0 aliphatic heterocycles. The zero-order valence-electron chi connectivity index (χ0n) is 30.7. The van der Waals surface area contributed by atoms with Crippen LogP contribution in [0.5, 0.6) is 0 Å². The van der Waals surface area contributed by atoms with Gasteiger partial charge in [0.25, 0.3) is 0 Å². The molecule has 0 bridgehead atoms. The monoisotopic (exact) mass is 760 g/mol. The summed E-state index contributed by atoms with van der Waals surface area (Å²) in [6, 6.07) is 58.9. The van der Waals surface area contributed by atoms with E-state index in [2.05, 4.69) is 114 Å². The normalized spacial score (nSPS) is 12.1. The summed E-state index contributed by atoms with van der Waals surface area (Å²) < 4.78 is 17.8. The first-order valence-corrected chi connectivity index (χ1v) is 20.1. The molecule has 13 aromatic rings. The Morgan fingerprint density at radius 1 is 0.414 bits per heavy atom. The summed E-state index contributed by atoms with van der Waals surface area (Å²) in [5.74, 6) is 1.84. The molecule has 0 fully saturated rings. The molecule has 0 amide bonds. The maximum absolute atomic E-state index is 6.73. The summed E-state index contributed by atoms with van der Waals surface area (Å²) in [4.78, 5) is 15.6. The number of nitrogens with zero attached hydrogens (tertiary/aromatic N) is 4. The van der Waals surface area contributed by atoms with Gasteiger partial charge in [-0.25, -0.2) is 15.0 Å². The molecule has 5 heterocycles. The highest BCUT2D eigenvalue weighted by Gasteiger charge is 2.23. The van der Waals surface area contributed by atoms with E-state index >= 15 is 0 Å². The Bertz CT molecular complexity index is 3740. The average Bonchev–Trinajstić information content (AvgIpc) is 4.04. The van der Waals surface area contributed by atoms with E-state index in [4.69, 9.17) is 23.8 Å². The summed E-state index contributed by atoms with van der Waals surface area (Å²) >= 11 is 1.74. The van der Waals surface area contributed by atoms with Gasteiger partial charge in [0.1, 0.15) is 22.3 Å². The summed E-state index contributed by atoms with van der Waals surface area (Å²) in [5.41, 5.74) is 9.38. The molecule has 0 saturated carbocycles. The van der Waals surface area contributed by atoms with Gasteiger partial charge in [-0.1, -0.05) is 115 Å². The molecule has 0 N–H and O–H groups in total. The van der Waals surface area contributed by atoms with E-state index < -0.39 is 0 Å². The molecule has 0 spiro atoms. The summed E-state index contributed by atoms with van der Waals surface area (Å²) in [6.07, 6.45) is 0.